The third kappa shape index (κ3) is 4.41. The first-order valence-corrected chi connectivity index (χ1v) is 11.7. The van der Waals surface area contributed by atoms with Gasteiger partial charge in [0.05, 0.1) is 5.69 Å². The lowest BCUT2D eigenvalue weighted by Gasteiger charge is -2.24. The maximum Gasteiger partial charge on any atom is 0.326 e. The summed E-state index contributed by atoms with van der Waals surface area (Å²) in [7, 11) is 0. The minimum absolute atomic E-state index is 0.0122. The number of hydrogen-bond donors (Lipinski definition) is 4. The Morgan fingerprint density at radius 3 is 2.68 bits per heavy atom. The molecule has 2 fully saturated rings. The molecular formula is C24H28N6O4. The first kappa shape index (κ1) is 22.1. The molecule has 0 radical (unpaired) electrons. The van der Waals surface area contributed by atoms with Gasteiger partial charge in [-0.25, -0.2) is 9.48 Å². The Morgan fingerprint density at radius 2 is 1.91 bits per heavy atom. The van der Waals surface area contributed by atoms with Crippen molar-refractivity contribution in [3.63, 3.8) is 0 Å². The van der Waals surface area contributed by atoms with Gasteiger partial charge in [0.2, 0.25) is 0 Å². The van der Waals surface area contributed by atoms with Crippen LogP contribution in [-0.2, 0) is 4.74 Å². The summed E-state index contributed by atoms with van der Waals surface area (Å²) < 4.78 is 7.88. The van der Waals surface area contributed by atoms with Gasteiger partial charge >= 0.3 is 5.69 Å². The van der Waals surface area contributed by atoms with E-state index in [-0.39, 0.29) is 23.7 Å². The highest BCUT2D eigenvalue weighted by Gasteiger charge is 2.28. The second-order valence-electron chi connectivity index (χ2n) is 8.98. The molecule has 5 N–H and O–H groups in total. The number of amides is 1. The van der Waals surface area contributed by atoms with Gasteiger partial charge in [-0.1, -0.05) is 24.3 Å². The van der Waals surface area contributed by atoms with Gasteiger partial charge in [0.25, 0.3) is 11.5 Å². The summed E-state index contributed by atoms with van der Waals surface area (Å²) in [5.74, 6) is -0.235. The lowest BCUT2D eigenvalue weighted by atomic mass is 9.96. The molecule has 34 heavy (non-hydrogen) atoms. The molecule has 1 amide bonds. The molecule has 0 bridgehead atoms. The number of anilines is 1. The van der Waals surface area contributed by atoms with Gasteiger partial charge in [-0.15, -0.1) is 0 Å². The van der Waals surface area contributed by atoms with E-state index in [9.17, 15) is 14.4 Å². The fourth-order valence-electron chi connectivity index (χ4n) is 4.96. The van der Waals surface area contributed by atoms with Crippen molar-refractivity contribution in [2.45, 2.75) is 56.7 Å². The summed E-state index contributed by atoms with van der Waals surface area (Å²) in [6, 6.07) is 10.4. The van der Waals surface area contributed by atoms with Crippen LogP contribution >= 0.6 is 0 Å². The fourth-order valence-corrected chi connectivity index (χ4v) is 4.96. The zero-order valence-electron chi connectivity index (χ0n) is 18.8. The number of rotatable bonds is 5. The molecule has 2 aromatic heterocycles. The average Bonchev–Trinajstić information content (AvgIpc) is 3.52. The predicted molar refractivity (Wildman–Crippen MR) is 126 cm³/mol. The van der Waals surface area contributed by atoms with Crippen LogP contribution < -0.4 is 22.3 Å². The topological polar surface area (TPSA) is 148 Å². The number of ether oxygens (including phenoxy) is 1. The van der Waals surface area contributed by atoms with Crippen molar-refractivity contribution >= 4 is 11.6 Å². The van der Waals surface area contributed by atoms with E-state index in [4.69, 9.17) is 10.5 Å². The summed E-state index contributed by atoms with van der Waals surface area (Å²) in [4.78, 5) is 40.1. The molecule has 1 saturated heterocycles. The Kier molecular flexibility index (Phi) is 6.06. The molecule has 10 heteroatoms. The van der Waals surface area contributed by atoms with Gasteiger partial charge < -0.3 is 20.8 Å². The summed E-state index contributed by atoms with van der Waals surface area (Å²) in [6.45, 7) is 0.770. The molecule has 3 heterocycles. The van der Waals surface area contributed by atoms with Crippen molar-refractivity contribution in [3.05, 3.63) is 68.6 Å². The van der Waals surface area contributed by atoms with Gasteiger partial charge in [0.1, 0.15) is 11.4 Å². The van der Waals surface area contributed by atoms with Crippen LogP contribution in [0, 0.1) is 0 Å². The van der Waals surface area contributed by atoms with Gasteiger partial charge in [-0.3, -0.25) is 14.6 Å². The predicted octanol–water partition coefficient (Wildman–Crippen LogP) is 2.27. The van der Waals surface area contributed by atoms with Crippen LogP contribution in [0.15, 0.2) is 46.1 Å². The van der Waals surface area contributed by atoms with Gasteiger partial charge in [-0.05, 0) is 61.6 Å². The molecule has 1 aliphatic heterocycles. The van der Waals surface area contributed by atoms with Crippen LogP contribution in [0.1, 0.15) is 66.7 Å². The number of hydrogen-bond acceptors (Lipinski definition) is 6. The van der Waals surface area contributed by atoms with E-state index in [1.54, 1.807) is 0 Å². The number of H-pyrrole nitrogens is 2. The number of carbonyl (C=O) groups is 1. The third-order valence-corrected chi connectivity index (χ3v) is 6.75. The van der Waals surface area contributed by atoms with Gasteiger partial charge in [0.15, 0.2) is 6.23 Å². The van der Waals surface area contributed by atoms with Crippen LogP contribution in [0.2, 0.25) is 0 Å². The third-order valence-electron chi connectivity index (χ3n) is 6.75. The number of nitrogen functional groups attached to an aromatic ring is 1. The molecule has 2 aliphatic rings. The zero-order chi connectivity index (χ0) is 23.7. The van der Waals surface area contributed by atoms with Crippen molar-refractivity contribution in [3.8, 4) is 11.3 Å². The zero-order valence-corrected chi connectivity index (χ0v) is 18.8. The van der Waals surface area contributed by atoms with E-state index in [1.165, 1.54) is 5.56 Å². The van der Waals surface area contributed by atoms with E-state index in [0.29, 0.717) is 5.92 Å². The first-order valence-electron chi connectivity index (χ1n) is 11.7. The first-order chi connectivity index (χ1) is 16.5. The highest BCUT2D eigenvalue weighted by molar-refractivity contribution is 5.97. The maximum absolute atomic E-state index is 12.6. The SMILES string of the molecule is Nc1c(C(=O)N[C@H]2CC[C@@H](c3ccc(-c4ccnn4C4CCCCO4)cc3)C2)[nH]c(=O)[nH]c1=O. The number of nitrogens with two attached hydrogens (primary N) is 1. The largest absolute Gasteiger partial charge is 0.392 e. The van der Waals surface area contributed by atoms with Crippen LogP contribution in [0.3, 0.4) is 0 Å². The number of benzene rings is 1. The molecular weight excluding hydrogens is 436 g/mol. The Balaban J connectivity index is 1.25. The lowest BCUT2D eigenvalue weighted by molar-refractivity contribution is -0.0383. The Labute approximate surface area is 195 Å². The Hall–Kier alpha value is -3.66. The molecule has 1 unspecified atom stereocenters. The Morgan fingerprint density at radius 1 is 1.09 bits per heavy atom. The molecule has 3 aromatic rings. The summed E-state index contributed by atoms with van der Waals surface area (Å²) in [6.07, 6.45) is 7.51. The number of nitrogens with one attached hydrogen (secondary N) is 3. The lowest BCUT2D eigenvalue weighted by Crippen LogP contribution is -2.37. The van der Waals surface area contributed by atoms with Crippen molar-refractivity contribution in [1.82, 2.24) is 25.1 Å². The summed E-state index contributed by atoms with van der Waals surface area (Å²) >= 11 is 0. The fraction of sp³-hybridized carbons (Fsp3) is 0.417. The standard InChI is InChI=1S/C24H28N6O4/c25-20-21(28-24(33)29-22(20)31)23(32)27-17-9-8-16(13-17)14-4-6-15(7-5-14)18-10-11-26-30(18)19-3-1-2-12-34-19/h4-7,10-11,16-17,19H,1-3,8-9,12-13,25H2,(H,27,32)(H2,28,29,31,33)/t16-,17+,19?/m1/s1. The molecule has 1 aliphatic carbocycles. The molecule has 10 nitrogen and oxygen atoms in total. The monoisotopic (exact) mass is 464 g/mol. The highest BCUT2D eigenvalue weighted by atomic mass is 16.5. The van der Waals surface area contributed by atoms with Crippen molar-refractivity contribution in [2.75, 3.05) is 12.3 Å². The summed E-state index contributed by atoms with van der Waals surface area (Å²) in [5, 5.41) is 7.39. The van der Waals surface area contributed by atoms with Crippen LogP contribution in [0.5, 0.6) is 0 Å². The van der Waals surface area contributed by atoms with E-state index in [1.807, 2.05) is 21.9 Å². The molecule has 5 rings (SSSR count). The van der Waals surface area contributed by atoms with Gasteiger partial charge in [-0.2, -0.15) is 5.10 Å². The van der Waals surface area contributed by atoms with E-state index < -0.39 is 17.2 Å². The van der Waals surface area contributed by atoms with E-state index >= 15 is 0 Å². The smallest absolute Gasteiger partial charge is 0.326 e. The molecule has 178 valence electrons. The van der Waals surface area contributed by atoms with Crippen LogP contribution in [-0.4, -0.2) is 38.3 Å². The minimum Gasteiger partial charge on any atom is -0.392 e. The molecule has 1 saturated carbocycles. The van der Waals surface area contributed by atoms with E-state index in [2.05, 4.69) is 39.7 Å². The quantitative estimate of drug-likeness (QED) is 0.455. The second kappa shape index (κ2) is 9.30. The second-order valence-corrected chi connectivity index (χ2v) is 8.98. The Bertz CT molecular complexity index is 1290. The number of aromatic nitrogens is 4. The number of aromatic amines is 2. The van der Waals surface area contributed by atoms with E-state index in [0.717, 1.165) is 56.4 Å². The van der Waals surface area contributed by atoms with Crippen LogP contribution in [0.25, 0.3) is 11.3 Å². The highest BCUT2D eigenvalue weighted by Crippen LogP contribution is 2.36. The molecule has 1 aromatic carbocycles. The molecule has 3 atom stereocenters. The summed E-state index contributed by atoms with van der Waals surface area (Å²) in [5.41, 5.74) is 7.00. The normalized spacial score (nSPS) is 22.5. The van der Waals surface area contributed by atoms with Crippen molar-refractivity contribution in [2.24, 2.45) is 0 Å². The van der Waals surface area contributed by atoms with Crippen LogP contribution in [0.4, 0.5) is 5.69 Å². The number of nitrogens with zero attached hydrogens (tertiary/aromatic N) is 2. The molecule has 0 spiro atoms. The van der Waals surface area contributed by atoms with Crippen molar-refractivity contribution < 1.29 is 9.53 Å². The van der Waals surface area contributed by atoms with Crippen molar-refractivity contribution in [1.29, 1.82) is 0 Å². The minimum atomic E-state index is -0.769. The average molecular weight is 465 g/mol. The maximum atomic E-state index is 12.6. The number of carbonyl (C=O) groups excluding carboxylic acids is 1. The van der Waals surface area contributed by atoms with Gasteiger partial charge in [0, 0.05) is 18.8 Å².